The molecule has 2 rings (SSSR count). The van der Waals surface area contributed by atoms with Crippen LogP contribution in [0.1, 0.15) is 0 Å². The SMILES string of the molecule is NNc1cc(Nc2cccc(Cl)c2F)ccn1. The molecule has 0 unspecified atom stereocenters. The maximum atomic E-state index is 13.6. The van der Waals surface area contributed by atoms with Crippen LogP contribution in [0.25, 0.3) is 0 Å². The normalized spacial score (nSPS) is 10.1. The second kappa shape index (κ2) is 4.99. The number of anilines is 3. The molecule has 4 nitrogen and oxygen atoms in total. The van der Waals surface area contributed by atoms with Gasteiger partial charge in [-0.2, -0.15) is 0 Å². The number of halogens is 2. The van der Waals surface area contributed by atoms with Crippen LogP contribution in [-0.2, 0) is 0 Å². The van der Waals surface area contributed by atoms with Gasteiger partial charge in [0.25, 0.3) is 0 Å². The van der Waals surface area contributed by atoms with Gasteiger partial charge in [0.05, 0.1) is 10.7 Å². The van der Waals surface area contributed by atoms with Crippen LogP contribution in [0.5, 0.6) is 0 Å². The largest absolute Gasteiger partial charge is 0.353 e. The minimum Gasteiger partial charge on any atom is -0.353 e. The Morgan fingerprint density at radius 3 is 2.88 bits per heavy atom. The molecule has 0 aliphatic rings. The standard InChI is InChI=1S/C11H10ClFN4/c12-8-2-1-3-9(11(8)13)16-7-4-5-15-10(6-7)17-14/h1-6H,14H2,(H2,15,16,17). The molecule has 2 aromatic rings. The number of hydrogen-bond acceptors (Lipinski definition) is 4. The van der Waals surface area contributed by atoms with Crippen LogP contribution in [0.3, 0.4) is 0 Å². The monoisotopic (exact) mass is 252 g/mol. The van der Waals surface area contributed by atoms with Crippen molar-refractivity contribution in [2.75, 3.05) is 10.7 Å². The lowest BCUT2D eigenvalue weighted by Crippen LogP contribution is -2.08. The van der Waals surface area contributed by atoms with Gasteiger partial charge in [-0.3, -0.25) is 0 Å². The highest BCUT2D eigenvalue weighted by Gasteiger charge is 2.06. The van der Waals surface area contributed by atoms with E-state index in [4.69, 9.17) is 17.4 Å². The number of nitrogens with zero attached hydrogens (tertiary/aromatic N) is 1. The summed E-state index contributed by atoms with van der Waals surface area (Å²) in [6, 6.07) is 8.09. The van der Waals surface area contributed by atoms with Crippen molar-refractivity contribution >= 4 is 28.8 Å². The number of hydrogen-bond donors (Lipinski definition) is 3. The van der Waals surface area contributed by atoms with Crippen molar-refractivity contribution in [3.63, 3.8) is 0 Å². The molecule has 0 amide bonds. The van der Waals surface area contributed by atoms with Crippen LogP contribution in [0.4, 0.5) is 21.6 Å². The third kappa shape index (κ3) is 2.64. The van der Waals surface area contributed by atoms with Gasteiger partial charge in [-0.15, -0.1) is 0 Å². The predicted molar refractivity (Wildman–Crippen MR) is 66.7 cm³/mol. The predicted octanol–water partition coefficient (Wildman–Crippen LogP) is 2.90. The van der Waals surface area contributed by atoms with Crippen LogP contribution in [-0.4, -0.2) is 4.98 Å². The van der Waals surface area contributed by atoms with E-state index in [-0.39, 0.29) is 5.02 Å². The molecule has 1 aromatic heterocycles. The van der Waals surface area contributed by atoms with Gasteiger partial charge >= 0.3 is 0 Å². The molecule has 0 spiro atoms. The van der Waals surface area contributed by atoms with Gasteiger partial charge in [0.2, 0.25) is 0 Å². The Labute approximate surface area is 103 Å². The Hall–Kier alpha value is -1.85. The summed E-state index contributed by atoms with van der Waals surface area (Å²) >= 11 is 5.68. The number of nitrogens with two attached hydrogens (primary N) is 1. The van der Waals surface area contributed by atoms with Gasteiger partial charge in [0, 0.05) is 18.0 Å². The third-order valence-electron chi connectivity index (χ3n) is 2.14. The third-order valence-corrected chi connectivity index (χ3v) is 2.43. The molecule has 0 aliphatic carbocycles. The van der Waals surface area contributed by atoms with E-state index >= 15 is 0 Å². The Morgan fingerprint density at radius 2 is 2.12 bits per heavy atom. The van der Waals surface area contributed by atoms with E-state index in [0.717, 1.165) is 0 Å². The molecule has 0 aliphatic heterocycles. The first-order valence-electron chi connectivity index (χ1n) is 4.84. The number of benzene rings is 1. The Balaban J connectivity index is 2.28. The molecular formula is C11H10ClFN4. The van der Waals surface area contributed by atoms with E-state index in [0.29, 0.717) is 17.2 Å². The number of pyridine rings is 1. The lowest BCUT2D eigenvalue weighted by atomic mass is 10.3. The molecular weight excluding hydrogens is 243 g/mol. The maximum absolute atomic E-state index is 13.6. The smallest absolute Gasteiger partial charge is 0.165 e. The van der Waals surface area contributed by atoms with E-state index in [1.807, 2.05) is 0 Å². The number of hydrazine groups is 1. The van der Waals surface area contributed by atoms with E-state index in [2.05, 4.69) is 15.7 Å². The van der Waals surface area contributed by atoms with Gasteiger partial charge in [-0.05, 0) is 18.2 Å². The highest BCUT2D eigenvalue weighted by Crippen LogP contribution is 2.25. The zero-order chi connectivity index (χ0) is 12.3. The van der Waals surface area contributed by atoms with Crippen molar-refractivity contribution < 1.29 is 4.39 Å². The van der Waals surface area contributed by atoms with Gasteiger partial charge in [-0.1, -0.05) is 17.7 Å². The first kappa shape index (κ1) is 11.6. The summed E-state index contributed by atoms with van der Waals surface area (Å²) in [5.74, 6) is 5.22. The summed E-state index contributed by atoms with van der Waals surface area (Å²) in [6.07, 6.45) is 1.56. The van der Waals surface area contributed by atoms with Crippen LogP contribution >= 0.6 is 11.6 Å². The molecule has 1 aromatic carbocycles. The number of aromatic nitrogens is 1. The summed E-state index contributed by atoms with van der Waals surface area (Å²) < 4.78 is 13.6. The first-order chi connectivity index (χ1) is 8.20. The van der Waals surface area contributed by atoms with Crippen LogP contribution in [0, 0.1) is 5.82 Å². The second-order valence-electron chi connectivity index (χ2n) is 3.30. The quantitative estimate of drug-likeness (QED) is 0.581. The second-order valence-corrected chi connectivity index (χ2v) is 3.71. The van der Waals surface area contributed by atoms with Crippen molar-refractivity contribution in [3.05, 3.63) is 47.4 Å². The summed E-state index contributed by atoms with van der Waals surface area (Å²) in [4.78, 5) is 3.94. The lowest BCUT2D eigenvalue weighted by Gasteiger charge is -2.09. The van der Waals surface area contributed by atoms with Gasteiger partial charge < -0.3 is 10.7 Å². The van der Waals surface area contributed by atoms with E-state index in [1.54, 1.807) is 30.5 Å². The molecule has 0 saturated heterocycles. The fraction of sp³-hybridized carbons (Fsp3) is 0. The molecule has 0 atom stereocenters. The van der Waals surface area contributed by atoms with Crippen molar-refractivity contribution in [2.24, 2.45) is 5.84 Å². The molecule has 6 heteroatoms. The molecule has 0 saturated carbocycles. The fourth-order valence-electron chi connectivity index (χ4n) is 1.34. The molecule has 0 bridgehead atoms. The van der Waals surface area contributed by atoms with E-state index in [9.17, 15) is 4.39 Å². The highest BCUT2D eigenvalue weighted by molar-refractivity contribution is 6.31. The summed E-state index contributed by atoms with van der Waals surface area (Å²) in [5, 5.41) is 2.96. The van der Waals surface area contributed by atoms with Crippen molar-refractivity contribution in [3.8, 4) is 0 Å². The minimum absolute atomic E-state index is 0.0706. The van der Waals surface area contributed by atoms with Crippen molar-refractivity contribution in [1.29, 1.82) is 0 Å². The number of rotatable bonds is 3. The molecule has 0 fully saturated rings. The van der Waals surface area contributed by atoms with Gasteiger partial charge in [-0.25, -0.2) is 15.2 Å². The minimum atomic E-state index is -0.492. The highest BCUT2D eigenvalue weighted by atomic mass is 35.5. The molecule has 1 heterocycles. The average Bonchev–Trinajstić information content (AvgIpc) is 2.35. The molecule has 4 N–H and O–H groups in total. The van der Waals surface area contributed by atoms with E-state index in [1.165, 1.54) is 6.07 Å². The van der Waals surface area contributed by atoms with Crippen molar-refractivity contribution in [2.45, 2.75) is 0 Å². The zero-order valence-electron chi connectivity index (χ0n) is 8.74. The first-order valence-corrected chi connectivity index (χ1v) is 5.22. The zero-order valence-corrected chi connectivity index (χ0v) is 9.50. The topological polar surface area (TPSA) is 63.0 Å². The molecule has 0 radical (unpaired) electrons. The summed E-state index contributed by atoms with van der Waals surface area (Å²) in [7, 11) is 0. The Bertz CT molecular complexity index is 533. The van der Waals surface area contributed by atoms with E-state index < -0.39 is 5.82 Å². The molecule has 17 heavy (non-hydrogen) atoms. The average molecular weight is 253 g/mol. The summed E-state index contributed by atoms with van der Waals surface area (Å²) in [6.45, 7) is 0. The lowest BCUT2D eigenvalue weighted by molar-refractivity contribution is 0.632. The van der Waals surface area contributed by atoms with Crippen molar-refractivity contribution in [1.82, 2.24) is 4.98 Å². The molecule has 88 valence electrons. The fourth-order valence-corrected chi connectivity index (χ4v) is 1.52. The Kier molecular flexibility index (Phi) is 3.41. The van der Waals surface area contributed by atoms with Gasteiger partial charge in [0.15, 0.2) is 5.82 Å². The Morgan fingerprint density at radius 1 is 1.29 bits per heavy atom. The number of nitrogens with one attached hydrogen (secondary N) is 2. The van der Waals surface area contributed by atoms with Gasteiger partial charge in [0.1, 0.15) is 5.82 Å². The number of nitrogen functional groups attached to an aromatic ring is 1. The maximum Gasteiger partial charge on any atom is 0.165 e. The van der Waals surface area contributed by atoms with Crippen LogP contribution in [0.2, 0.25) is 5.02 Å². The van der Waals surface area contributed by atoms with Crippen LogP contribution < -0.4 is 16.6 Å². The summed E-state index contributed by atoms with van der Waals surface area (Å²) in [5.41, 5.74) is 3.37. The van der Waals surface area contributed by atoms with Crippen LogP contribution in [0.15, 0.2) is 36.5 Å².